The molecule has 1 saturated heterocycles. The molecular formula is C17H24BrN3O4S. The molecule has 1 aromatic carbocycles. The van der Waals surface area contributed by atoms with Crippen LogP contribution in [0.5, 0.6) is 0 Å². The number of hydrogen-bond acceptors (Lipinski definition) is 4. The molecule has 0 bridgehead atoms. The molecule has 1 heterocycles. The molecule has 2 amide bonds. The molecule has 1 aromatic rings. The molecule has 2 N–H and O–H groups in total. The fourth-order valence-corrected chi connectivity index (χ4v) is 4.57. The lowest BCUT2D eigenvalue weighted by Gasteiger charge is -2.31. The molecule has 9 heteroatoms. The number of nitrogens with zero attached hydrogens (tertiary/aromatic N) is 1. The molecule has 1 fully saturated rings. The SMILES string of the molecule is CC(C)CC(=O)NNC(=O)[C@H]1CCCN(S(=O)(=O)c2ccc(Br)cc2)C1. The van der Waals surface area contributed by atoms with E-state index in [2.05, 4.69) is 26.8 Å². The van der Waals surface area contributed by atoms with Crippen LogP contribution in [0.1, 0.15) is 33.1 Å². The summed E-state index contributed by atoms with van der Waals surface area (Å²) in [5.74, 6) is -0.928. The summed E-state index contributed by atoms with van der Waals surface area (Å²) in [4.78, 5) is 24.1. The number of halogens is 1. The standard InChI is InChI=1S/C17H24BrN3O4S/c1-12(2)10-16(22)19-20-17(23)13-4-3-9-21(11-13)26(24,25)15-7-5-14(18)6-8-15/h5-8,12-13H,3-4,9-11H2,1-2H3,(H,19,22)(H,20,23)/t13-/m0/s1. The van der Waals surface area contributed by atoms with Gasteiger partial charge in [-0.05, 0) is 43.0 Å². The Labute approximate surface area is 162 Å². The van der Waals surface area contributed by atoms with Crippen LogP contribution < -0.4 is 10.9 Å². The van der Waals surface area contributed by atoms with E-state index in [0.717, 1.165) is 4.47 Å². The van der Waals surface area contributed by atoms with E-state index in [1.54, 1.807) is 12.1 Å². The third-order valence-electron chi connectivity index (χ3n) is 4.13. The van der Waals surface area contributed by atoms with Crippen molar-refractivity contribution in [1.29, 1.82) is 0 Å². The zero-order valence-corrected chi connectivity index (χ0v) is 17.3. The molecule has 0 radical (unpaired) electrons. The first-order chi connectivity index (χ1) is 12.2. The molecule has 7 nitrogen and oxygen atoms in total. The summed E-state index contributed by atoms with van der Waals surface area (Å²) in [5, 5.41) is 0. The fourth-order valence-electron chi connectivity index (χ4n) is 2.79. The maximum absolute atomic E-state index is 12.8. The van der Waals surface area contributed by atoms with E-state index in [9.17, 15) is 18.0 Å². The second-order valence-corrected chi connectivity index (χ2v) is 9.65. The van der Waals surface area contributed by atoms with E-state index in [1.165, 1.54) is 16.4 Å². The van der Waals surface area contributed by atoms with E-state index in [0.29, 0.717) is 25.8 Å². The highest BCUT2D eigenvalue weighted by Crippen LogP contribution is 2.24. The molecule has 0 aliphatic carbocycles. The first-order valence-corrected chi connectivity index (χ1v) is 10.8. The molecule has 1 aliphatic rings. The third-order valence-corrected chi connectivity index (χ3v) is 6.53. The second kappa shape index (κ2) is 8.96. The molecule has 0 unspecified atom stereocenters. The number of piperidine rings is 1. The second-order valence-electron chi connectivity index (χ2n) is 6.79. The number of benzene rings is 1. The molecule has 1 atom stereocenters. The van der Waals surface area contributed by atoms with Crippen molar-refractivity contribution in [3.05, 3.63) is 28.7 Å². The van der Waals surface area contributed by atoms with Gasteiger partial charge in [-0.15, -0.1) is 0 Å². The van der Waals surface area contributed by atoms with Gasteiger partial charge in [-0.25, -0.2) is 8.42 Å². The van der Waals surface area contributed by atoms with Crippen molar-refractivity contribution >= 4 is 37.8 Å². The van der Waals surface area contributed by atoms with Crippen LogP contribution in [-0.4, -0.2) is 37.6 Å². The predicted octanol–water partition coefficient (Wildman–Crippen LogP) is 2.04. The summed E-state index contributed by atoms with van der Waals surface area (Å²) in [7, 11) is -3.65. The molecule has 2 rings (SSSR count). The van der Waals surface area contributed by atoms with Crippen molar-refractivity contribution in [2.45, 2.75) is 38.0 Å². The minimum Gasteiger partial charge on any atom is -0.273 e. The summed E-state index contributed by atoms with van der Waals surface area (Å²) in [6.45, 7) is 4.30. The molecule has 0 aromatic heterocycles. The van der Waals surface area contributed by atoms with Crippen LogP contribution in [0.25, 0.3) is 0 Å². The molecular weight excluding hydrogens is 422 g/mol. The van der Waals surface area contributed by atoms with Crippen LogP contribution in [0.15, 0.2) is 33.6 Å². The first kappa shape index (κ1) is 20.9. The zero-order valence-electron chi connectivity index (χ0n) is 14.9. The van der Waals surface area contributed by atoms with Crippen LogP contribution in [0.2, 0.25) is 0 Å². The Kier molecular flexibility index (Phi) is 7.19. The van der Waals surface area contributed by atoms with Crippen LogP contribution in [0.3, 0.4) is 0 Å². The Hall–Kier alpha value is -1.45. The van der Waals surface area contributed by atoms with Gasteiger partial charge in [0, 0.05) is 24.0 Å². The Morgan fingerprint density at radius 3 is 2.50 bits per heavy atom. The maximum Gasteiger partial charge on any atom is 0.243 e. The average Bonchev–Trinajstić information content (AvgIpc) is 2.59. The number of amides is 2. The average molecular weight is 446 g/mol. The Morgan fingerprint density at radius 2 is 1.88 bits per heavy atom. The fraction of sp³-hybridized carbons (Fsp3) is 0.529. The highest BCUT2D eigenvalue weighted by Gasteiger charge is 2.33. The third kappa shape index (κ3) is 5.52. The number of sulfonamides is 1. The number of nitrogens with one attached hydrogen (secondary N) is 2. The van der Waals surface area contributed by atoms with Crippen molar-refractivity contribution in [3.8, 4) is 0 Å². The number of hydrazine groups is 1. The lowest BCUT2D eigenvalue weighted by atomic mass is 9.99. The smallest absolute Gasteiger partial charge is 0.243 e. The van der Waals surface area contributed by atoms with Crippen LogP contribution in [-0.2, 0) is 19.6 Å². The van der Waals surface area contributed by atoms with Gasteiger partial charge in [0.15, 0.2) is 0 Å². The Bertz CT molecular complexity index is 750. The van der Waals surface area contributed by atoms with Crippen LogP contribution in [0.4, 0.5) is 0 Å². The quantitative estimate of drug-likeness (QED) is 0.677. The molecule has 0 saturated carbocycles. The van der Waals surface area contributed by atoms with Gasteiger partial charge in [-0.1, -0.05) is 29.8 Å². The van der Waals surface area contributed by atoms with E-state index >= 15 is 0 Å². The van der Waals surface area contributed by atoms with Gasteiger partial charge in [-0.3, -0.25) is 20.4 Å². The summed E-state index contributed by atoms with van der Waals surface area (Å²) < 4.78 is 27.7. The van der Waals surface area contributed by atoms with Crippen molar-refractivity contribution in [2.75, 3.05) is 13.1 Å². The monoisotopic (exact) mass is 445 g/mol. The predicted molar refractivity (Wildman–Crippen MR) is 101 cm³/mol. The summed E-state index contributed by atoms with van der Waals surface area (Å²) in [6.07, 6.45) is 1.49. The summed E-state index contributed by atoms with van der Waals surface area (Å²) in [5.41, 5.74) is 4.80. The maximum atomic E-state index is 12.8. The lowest BCUT2D eigenvalue weighted by molar-refractivity contribution is -0.132. The number of rotatable bonds is 5. The Balaban J connectivity index is 1.98. The zero-order chi connectivity index (χ0) is 19.3. The van der Waals surface area contributed by atoms with Crippen molar-refractivity contribution in [2.24, 2.45) is 11.8 Å². The van der Waals surface area contributed by atoms with Crippen LogP contribution >= 0.6 is 15.9 Å². The van der Waals surface area contributed by atoms with Gasteiger partial charge in [0.25, 0.3) is 0 Å². The molecule has 144 valence electrons. The van der Waals surface area contributed by atoms with E-state index in [-0.39, 0.29) is 29.2 Å². The highest BCUT2D eigenvalue weighted by atomic mass is 79.9. The minimum absolute atomic E-state index is 0.101. The van der Waals surface area contributed by atoms with E-state index < -0.39 is 15.9 Å². The minimum atomic E-state index is -3.65. The summed E-state index contributed by atoms with van der Waals surface area (Å²) in [6, 6.07) is 6.42. The molecule has 26 heavy (non-hydrogen) atoms. The highest BCUT2D eigenvalue weighted by molar-refractivity contribution is 9.10. The van der Waals surface area contributed by atoms with Crippen molar-refractivity contribution in [3.63, 3.8) is 0 Å². The van der Waals surface area contributed by atoms with Gasteiger partial charge >= 0.3 is 0 Å². The van der Waals surface area contributed by atoms with Crippen molar-refractivity contribution < 1.29 is 18.0 Å². The van der Waals surface area contributed by atoms with Gasteiger partial charge in [0.05, 0.1) is 10.8 Å². The van der Waals surface area contributed by atoms with Crippen molar-refractivity contribution in [1.82, 2.24) is 15.2 Å². The lowest BCUT2D eigenvalue weighted by Crippen LogP contribution is -2.50. The first-order valence-electron chi connectivity index (χ1n) is 8.54. The van der Waals surface area contributed by atoms with Gasteiger partial charge < -0.3 is 0 Å². The van der Waals surface area contributed by atoms with E-state index in [4.69, 9.17) is 0 Å². The Morgan fingerprint density at radius 1 is 1.23 bits per heavy atom. The summed E-state index contributed by atoms with van der Waals surface area (Å²) >= 11 is 3.28. The topological polar surface area (TPSA) is 95.6 Å². The molecule has 0 spiro atoms. The van der Waals surface area contributed by atoms with Gasteiger partial charge in [0.2, 0.25) is 21.8 Å². The normalized spacial score (nSPS) is 18.5. The number of carbonyl (C=O) groups is 2. The van der Waals surface area contributed by atoms with Gasteiger partial charge in [0.1, 0.15) is 0 Å². The molecule has 1 aliphatic heterocycles. The largest absolute Gasteiger partial charge is 0.273 e. The van der Waals surface area contributed by atoms with Crippen LogP contribution in [0, 0.1) is 11.8 Å². The number of carbonyl (C=O) groups excluding carboxylic acids is 2. The van der Waals surface area contributed by atoms with E-state index in [1.807, 2.05) is 13.8 Å². The van der Waals surface area contributed by atoms with Gasteiger partial charge in [-0.2, -0.15) is 4.31 Å². The number of hydrogen-bond donors (Lipinski definition) is 2.